The van der Waals surface area contributed by atoms with Crippen LogP contribution in [0.5, 0.6) is 0 Å². The van der Waals surface area contributed by atoms with Gasteiger partial charge in [0.05, 0.1) is 12.3 Å². The van der Waals surface area contributed by atoms with E-state index in [4.69, 9.17) is 5.11 Å². The molecule has 0 bridgehead atoms. The number of piperazine rings is 1. The maximum Gasteiger partial charge on any atom is 0.267 e. The molecule has 0 radical (unpaired) electrons. The number of carbonyl (C=O) groups excluding carboxylic acids is 1. The molecule has 0 unspecified atom stereocenters. The van der Waals surface area contributed by atoms with E-state index in [0.717, 1.165) is 24.6 Å². The van der Waals surface area contributed by atoms with E-state index in [2.05, 4.69) is 14.5 Å². The van der Waals surface area contributed by atoms with E-state index in [1.54, 1.807) is 6.92 Å². The topological polar surface area (TPSA) is 69.6 Å². The third-order valence-corrected chi connectivity index (χ3v) is 3.74. The lowest BCUT2D eigenvalue weighted by Crippen LogP contribution is -2.49. The second-order valence-corrected chi connectivity index (χ2v) is 4.80. The Morgan fingerprint density at radius 3 is 2.65 bits per heavy atom. The summed E-state index contributed by atoms with van der Waals surface area (Å²) in [5.74, 6) is 0.0288. The quantitative estimate of drug-likeness (QED) is 0.796. The molecule has 17 heavy (non-hydrogen) atoms. The predicted molar refractivity (Wildman–Crippen MR) is 64.1 cm³/mol. The standard InChI is InChI=1S/C10H16N4O2S/c1-8-9(17-12-11-8)10(16)14-4-2-13(3-5-14)6-7-15/h15H,2-7H2,1H3. The number of hydrogen-bond donors (Lipinski definition) is 1. The maximum atomic E-state index is 12.1. The van der Waals surface area contributed by atoms with Crippen LogP contribution in [0.2, 0.25) is 0 Å². The summed E-state index contributed by atoms with van der Waals surface area (Å²) in [5, 5.41) is 12.7. The van der Waals surface area contributed by atoms with Crippen LogP contribution in [0.25, 0.3) is 0 Å². The van der Waals surface area contributed by atoms with Crippen molar-refractivity contribution in [2.45, 2.75) is 6.92 Å². The minimum atomic E-state index is 0.0288. The van der Waals surface area contributed by atoms with Crippen LogP contribution >= 0.6 is 11.5 Å². The molecule has 94 valence electrons. The highest BCUT2D eigenvalue weighted by molar-refractivity contribution is 7.07. The first kappa shape index (κ1) is 12.4. The summed E-state index contributed by atoms with van der Waals surface area (Å²) < 4.78 is 3.78. The van der Waals surface area contributed by atoms with Crippen LogP contribution in [0, 0.1) is 6.92 Å². The molecule has 7 heteroatoms. The van der Waals surface area contributed by atoms with Crippen molar-refractivity contribution in [1.29, 1.82) is 0 Å². The fourth-order valence-corrected chi connectivity index (χ4v) is 2.51. The fourth-order valence-electron chi connectivity index (χ4n) is 1.89. The van der Waals surface area contributed by atoms with Crippen molar-refractivity contribution in [2.24, 2.45) is 0 Å². The number of aliphatic hydroxyl groups is 1. The first-order chi connectivity index (χ1) is 8.22. The Hall–Kier alpha value is -1.05. The van der Waals surface area contributed by atoms with Gasteiger partial charge in [-0.3, -0.25) is 9.69 Å². The molecule has 1 aliphatic rings. The van der Waals surface area contributed by atoms with Crippen LogP contribution in [-0.4, -0.2) is 69.7 Å². The molecule has 2 rings (SSSR count). The van der Waals surface area contributed by atoms with Gasteiger partial charge in [-0.2, -0.15) is 0 Å². The Morgan fingerprint density at radius 1 is 1.41 bits per heavy atom. The van der Waals surface area contributed by atoms with Gasteiger partial charge in [-0.25, -0.2) is 0 Å². The van der Waals surface area contributed by atoms with Crippen molar-refractivity contribution in [3.05, 3.63) is 10.6 Å². The third kappa shape index (κ3) is 2.80. The molecule has 1 saturated heterocycles. The summed E-state index contributed by atoms with van der Waals surface area (Å²) in [7, 11) is 0. The van der Waals surface area contributed by atoms with Crippen LogP contribution in [0.15, 0.2) is 0 Å². The van der Waals surface area contributed by atoms with Crippen molar-refractivity contribution < 1.29 is 9.90 Å². The van der Waals surface area contributed by atoms with Crippen LogP contribution in [0.1, 0.15) is 15.4 Å². The Balaban J connectivity index is 1.93. The molecule has 0 aliphatic carbocycles. The van der Waals surface area contributed by atoms with Gasteiger partial charge in [0, 0.05) is 32.7 Å². The molecule has 1 N–H and O–H groups in total. The first-order valence-corrected chi connectivity index (χ1v) is 6.41. The van der Waals surface area contributed by atoms with Gasteiger partial charge in [0.2, 0.25) is 0 Å². The Morgan fingerprint density at radius 2 is 2.12 bits per heavy atom. The van der Waals surface area contributed by atoms with Gasteiger partial charge in [-0.1, -0.05) is 4.49 Å². The van der Waals surface area contributed by atoms with Crippen LogP contribution in [0.4, 0.5) is 0 Å². The lowest BCUT2D eigenvalue weighted by Gasteiger charge is -2.34. The smallest absolute Gasteiger partial charge is 0.267 e. The highest BCUT2D eigenvalue weighted by Crippen LogP contribution is 2.14. The molecule has 0 atom stereocenters. The molecular weight excluding hydrogens is 240 g/mol. The van der Waals surface area contributed by atoms with E-state index in [1.807, 2.05) is 4.90 Å². The molecule has 1 fully saturated rings. The molecule has 6 nitrogen and oxygen atoms in total. The summed E-state index contributed by atoms with van der Waals surface area (Å²) in [6.45, 7) is 5.70. The lowest BCUT2D eigenvalue weighted by molar-refractivity contribution is 0.0618. The van der Waals surface area contributed by atoms with Crippen LogP contribution in [-0.2, 0) is 0 Å². The summed E-state index contributed by atoms with van der Waals surface area (Å²) in [6.07, 6.45) is 0. The van der Waals surface area contributed by atoms with Gasteiger partial charge >= 0.3 is 0 Å². The number of amides is 1. The number of carbonyl (C=O) groups is 1. The van der Waals surface area contributed by atoms with Gasteiger partial charge in [-0.15, -0.1) is 5.10 Å². The van der Waals surface area contributed by atoms with E-state index in [9.17, 15) is 4.79 Å². The fraction of sp³-hybridized carbons (Fsp3) is 0.700. The number of hydrogen-bond acceptors (Lipinski definition) is 6. The number of rotatable bonds is 3. The van der Waals surface area contributed by atoms with Gasteiger partial charge in [0.25, 0.3) is 5.91 Å². The largest absolute Gasteiger partial charge is 0.395 e. The maximum absolute atomic E-state index is 12.1. The monoisotopic (exact) mass is 256 g/mol. The zero-order valence-electron chi connectivity index (χ0n) is 9.80. The minimum Gasteiger partial charge on any atom is -0.395 e. The molecule has 1 amide bonds. The van der Waals surface area contributed by atoms with Gasteiger partial charge < -0.3 is 10.0 Å². The first-order valence-electron chi connectivity index (χ1n) is 5.64. The van der Waals surface area contributed by atoms with Crippen molar-refractivity contribution in [1.82, 2.24) is 19.4 Å². The SMILES string of the molecule is Cc1nnsc1C(=O)N1CCN(CCO)CC1. The number of nitrogens with zero attached hydrogens (tertiary/aromatic N) is 4. The second-order valence-electron chi connectivity index (χ2n) is 4.04. The van der Waals surface area contributed by atoms with Crippen LogP contribution < -0.4 is 0 Å². The number of β-amino-alcohol motifs (C(OH)–C–C–N with tert-alkyl or cyclic N) is 1. The van der Waals surface area contributed by atoms with Gasteiger partial charge in [0.15, 0.2) is 0 Å². The van der Waals surface area contributed by atoms with E-state index in [-0.39, 0.29) is 12.5 Å². The van der Waals surface area contributed by atoms with E-state index >= 15 is 0 Å². The average molecular weight is 256 g/mol. The number of aromatic nitrogens is 2. The molecule has 1 aliphatic heterocycles. The lowest BCUT2D eigenvalue weighted by atomic mass is 10.2. The molecule has 2 heterocycles. The normalized spacial score (nSPS) is 17.4. The van der Waals surface area contributed by atoms with Crippen molar-refractivity contribution in [2.75, 3.05) is 39.3 Å². The highest BCUT2D eigenvalue weighted by atomic mass is 32.1. The summed E-state index contributed by atoms with van der Waals surface area (Å²) in [6, 6.07) is 0. The molecule has 0 aromatic carbocycles. The number of aryl methyl sites for hydroxylation is 1. The second kappa shape index (κ2) is 5.52. The molecular formula is C10H16N4O2S. The van der Waals surface area contributed by atoms with E-state index in [0.29, 0.717) is 30.2 Å². The zero-order valence-corrected chi connectivity index (χ0v) is 10.6. The molecule has 1 aromatic heterocycles. The third-order valence-electron chi connectivity index (χ3n) is 2.92. The van der Waals surface area contributed by atoms with Crippen molar-refractivity contribution in [3.8, 4) is 0 Å². The Labute approximate surface area is 104 Å². The number of aliphatic hydroxyl groups excluding tert-OH is 1. The molecule has 0 saturated carbocycles. The van der Waals surface area contributed by atoms with Crippen molar-refractivity contribution >= 4 is 17.4 Å². The van der Waals surface area contributed by atoms with E-state index < -0.39 is 0 Å². The summed E-state index contributed by atoms with van der Waals surface area (Å²) in [4.78, 5) is 16.8. The molecule has 0 spiro atoms. The van der Waals surface area contributed by atoms with Gasteiger partial charge in [-0.05, 0) is 18.5 Å². The Bertz CT molecular complexity index is 387. The minimum absolute atomic E-state index is 0.0288. The molecule has 1 aromatic rings. The van der Waals surface area contributed by atoms with Crippen LogP contribution in [0.3, 0.4) is 0 Å². The van der Waals surface area contributed by atoms with E-state index in [1.165, 1.54) is 0 Å². The van der Waals surface area contributed by atoms with Crippen molar-refractivity contribution in [3.63, 3.8) is 0 Å². The Kier molecular flexibility index (Phi) is 4.03. The zero-order chi connectivity index (χ0) is 12.3. The van der Waals surface area contributed by atoms with Gasteiger partial charge in [0.1, 0.15) is 4.88 Å². The summed E-state index contributed by atoms with van der Waals surface area (Å²) >= 11 is 1.16. The predicted octanol–water partition coefficient (Wildman–Crippen LogP) is -0.403. The average Bonchev–Trinajstić information content (AvgIpc) is 2.76. The summed E-state index contributed by atoms with van der Waals surface area (Å²) in [5.41, 5.74) is 0.706. The highest BCUT2D eigenvalue weighted by Gasteiger charge is 2.24.